The number of para-hydroxylation sites is 1. The van der Waals surface area contributed by atoms with Gasteiger partial charge in [-0.05, 0) is 77.8 Å². The first kappa shape index (κ1) is 33.4. The van der Waals surface area contributed by atoms with Crippen LogP contribution in [0.25, 0.3) is 16.8 Å². The number of nitrogens with zero attached hydrogens (tertiary/aromatic N) is 4. The van der Waals surface area contributed by atoms with Crippen LogP contribution in [0.15, 0.2) is 85.2 Å². The van der Waals surface area contributed by atoms with Crippen LogP contribution in [0.4, 0.5) is 18.9 Å². The molecule has 0 unspecified atom stereocenters. The first-order valence-corrected chi connectivity index (χ1v) is 15.9. The molecule has 3 heterocycles. The van der Waals surface area contributed by atoms with E-state index in [0.717, 1.165) is 37.4 Å². The smallest absolute Gasteiger partial charge is 0.254 e. The Morgan fingerprint density at radius 1 is 0.816 bits per heavy atom. The van der Waals surface area contributed by atoms with Gasteiger partial charge >= 0.3 is 0 Å². The zero-order valence-electron chi connectivity index (χ0n) is 26.9. The molecular weight excluding hydrogens is 633 g/mol. The summed E-state index contributed by atoms with van der Waals surface area (Å²) in [6.07, 6.45) is 2.68. The van der Waals surface area contributed by atoms with Crippen molar-refractivity contribution >= 4 is 28.9 Å². The van der Waals surface area contributed by atoms with E-state index in [9.17, 15) is 27.6 Å². The maximum Gasteiger partial charge on any atom is 0.254 e. The minimum absolute atomic E-state index is 0.0770. The Kier molecular flexibility index (Phi) is 10.0. The normalized spacial score (nSPS) is 13.4. The van der Waals surface area contributed by atoms with E-state index in [1.807, 2.05) is 24.3 Å². The zero-order valence-corrected chi connectivity index (χ0v) is 26.9. The van der Waals surface area contributed by atoms with Gasteiger partial charge in [0.05, 0.1) is 11.8 Å². The van der Waals surface area contributed by atoms with Gasteiger partial charge in [0, 0.05) is 63.1 Å². The van der Waals surface area contributed by atoms with E-state index in [1.54, 1.807) is 28.8 Å². The number of benzene rings is 3. The molecule has 1 aliphatic heterocycles. The number of ketones is 1. The topological polar surface area (TPSA) is 99.0 Å². The summed E-state index contributed by atoms with van der Waals surface area (Å²) in [4.78, 5) is 47.5. The molecule has 0 atom stereocenters. The van der Waals surface area contributed by atoms with Gasteiger partial charge in [-0.3, -0.25) is 18.8 Å². The van der Waals surface area contributed by atoms with E-state index in [-0.39, 0.29) is 41.3 Å². The van der Waals surface area contributed by atoms with Gasteiger partial charge in [-0.15, -0.1) is 0 Å². The SMILES string of the molecule is CN1CCN(c2ccccc2CNC(=O)c2ccc(F)c(CC(=O)c3cnc4cc(-c5ccc(C(=O)NCCF)c(F)c5)ccn34)c2)CC1. The number of Topliss-reactive ketones (excluding diaryl/α,β-unsaturated/α-hetero) is 1. The molecule has 252 valence electrons. The Morgan fingerprint density at radius 2 is 1.59 bits per heavy atom. The summed E-state index contributed by atoms with van der Waals surface area (Å²) in [5, 5.41) is 5.23. The number of fused-ring (bicyclic) bond motifs is 1. The number of amides is 2. The molecule has 1 aliphatic rings. The van der Waals surface area contributed by atoms with Crippen molar-refractivity contribution < 1.29 is 27.6 Å². The van der Waals surface area contributed by atoms with E-state index >= 15 is 0 Å². The van der Waals surface area contributed by atoms with Gasteiger partial charge in [0.2, 0.25) is 0 Å². The summed E-state index contributed by atoms with van der Waals surface area (Å²) in [7, 11) is 2.10. The number of anilines is 1. The Hall–Kier alpha value is -5.49. The summed E-state index contributed by atoms with van der Waals surface area (Å²) < 4.78 is 43.5. The van der Waals surface area contributed by atoms with E-state index in [1.165, 1.54) is 36.5 Å². The molecule has 9 nitrogen and oxygen atoms in total. The molecule has 0 radical (unpaired) electrons. The quantitative estimate of drug-likeness (QED) is 0.191. The highest BCUT2D eigenvalue weighted by Crippen LogP contribution is 2.25. The van der Waals surface area contributed by atoms with Gasteiger partial charge in [-0.2, -0.15) is 0 Å². The fourth-order valence-corrected chi connectivity index (χ4v) is 5.91. The third kappa shape index (κ3) is 7.49. The number of alkyl halides is 1. The third-order valence-corrected chi connectivity index (χ3v) is 8.66. The number of halogens is 3. The van der Waals surface area contributed by atoms with Crippen molar-refractivity contribution in [3.05, 3.63) is 125 Å². The molecule has 0 bridgehead atoms. The second kappa shape index (κ2) is 14.7. The highest BCUT2D eigenvalue weighted by Gasteiger charge is 2.20. The van der Waals surface area contributed by atoms with Crippen LogP contribution < -0.4 is 15.5 Å². The van der Waals surface area contributed by atoms with Gasteiger partial charge in [0.15, 0.2) is 5.78 Å². The lowest BCUT2D eigenvalue weighted by molar-refractivity contribution is 0.0940. The van der Waals surface area contributed by atoms with Gasteiger partial charge in [-0.1, -0.05) is 24.3 Å². The number of pyridine rings is 1. The van der Waals surface area contributed by atoms with Crippen molar-refractivity contribution in [2.24, 2.45) is 0 Å². The average molecular weight is 669 g/mol. The van der Waals surface area contributed by atoms with Crippen molar-refractivity contribution in [2.75, 3.05) is 51.3 Å². The van der Waals surface area contributed by atoms with Crippen molar-refractivity contribution in [3.63, 3.8) is 0 Å². The Morgan fingerprint density at radius 3 is 2.37 bits per heavy atom. The molecule has 1 saturated heterocycles. The van der Waals surface area contributed by atoms with Crippen LogP contribution in [0.2, 0.25) is 0 Å². The number of piperazine rings is 1. The number of carbonyl (C=O) groups is 3. The largest absolute Gasteiger partial charge is 0.369 e. The van der Waals surface area contributed by atoms with Crippen molar-refractivity contribution in [1.29, 1.82) is 0 Å². The molecule has 12 heteroatoms. The lowest BCUT2D eigenvalue weighted by Crippen LogP contribution is -2.45. The lowest BCUT2D eigenvalue weighted by atomic mass is 10.0. The van der Waals surface area contributed by atoms with Crippen molar-refractivity contribution in [3.8, 4) is 11.1 Å². The molecule has 0 saturated carbocycles. The minimum Gasteiger partial charge on any atom is -0.369 e. The van der Waals surface area contributed by atoms with Gasteiger partial charge in [0.1, 0.15) is 29.7 Å². The fraction of sp³-hybridized carbons (Fsp3) is 0.243. The number of carbonyl (C=O) groups excluding carboxylic acids is 3. The van der Waals surface area contributed by atoms with Crippen LogP contribution >= 0.6 is 0 Å². The highest BCUT2D eigenvalue weighted by molar-refractivity contribution is 5.98. The summed E-state index contributed by atoms with van der Waals surface area (Å²) >= 11 is 0. The van der Waals surface area contributed by atoms with E-state index in [2.05, 4.69) is 32.5 Å². The first-order chi connectivity index (χ1) is 23.7. The fourth-order valence-electron chi connectivity index (χ4n) is 5.91. The Bertz CT molecular complexity index is 2020. The molecule has 0 spiro atoms. The number of hydrogen-bond donors (Lipinski definition) is 2. The average Bonchev–Trinajstić information content (AvgIpc) is 3.54. The Labute approximate surface area is 281 Å². The van der Waals surface area contributed by atoms with E-state index in [0.29, 0.717) is 23.3 Å². The summed E-state index contributed by atoms with van der Waals surface area (Å²) in [6.45, 7) is 3.02. The molecule has 3 aromatic carbocycles. The monoisotopic (exact) mass is 668 g/mol. The van der Waals surface area contributed by atoms with Gasteiger partial charge in [-0.25, -0.2) is 18.2 Å². The van der Waals surface area contributed by atoms with Crippen LogP contribution in [0.5, 0.6) is 0 Å². The number of nitrogens with one attached hydrogen (secondary N) is 2. The molecular formula is C37H35F3N6O3. The van der Waals surface area contributed by atoms with Gasteiger partial charge in [0.25, 0.3) is 11.8 Å². The van der Waals surface area contributed by atoms with Crippen LogP contribution in [-0.4, -0.2) is 78.3 Å². The maximum atomic E-state index is 14.9. The molecule has 2 amide bonds. The number of likely N-dealkylation sites (N-methyl/N-ethyl adjacent to an activating group) is 1. The van der Waals surface area contributed by atoms with E-state index in [4.69, 9.17) is 0 Å². The summed E-state index contributed by atoms with van der Waals surface area (Å²) in [6, 6.07) is 19.3. The maximum absolute atomic E-state index is 14.9. The molecule has 2 N–H and O–H groups in total. The molecule has 0 aliphatic carbocycles. The van der Waals surface area contributed by atoms with Crippen molar-refractivity contribution in [1.82, 2.24) is 24.9 Å². The summed E-state index contributed by atoms with van der Waals surface area (Å²) in [5.41, 5.74) is 3.83. The van der Waals surface area contributed by atoms with Crippen LogP contribution in [0.1, 0.15) is 42.3 Å². The predicted molar refractivity (Wildman–Crippen MR) is 181 cm³/mol. The first-order valence-electron chi connectivity index (χ1n) is 15.9. The lowest BCUT2D eigenvalue weighted by Gasteiger charge is -2.35. The number of hydrogen-bond acceptors (Lipinski definition) is 6. The second-order valence-corrected chi connectivity index (χ2v) is 11.9. The number of aromatic nitrogens is 2. The van der Waals surface area contributed by atoms with Crippen LogP contribution in [0, 0.1) is 11.6 Å². The third-order valence-electron chi connectivity index (χ3n) is 8.66. The molecule has 5 aromatic rings. The molecule has 6 rings (SSSR count). The standard InChI is InChI=1S/C37H35F3N6O3/c1-44-14-16-45(17-15-44)32-5-3-2-4-27(32)22-43-36(48)26-7-9-30(39)28(18-26)20-34(47)33-23-42-35-21-25(10-13-46(33)35)24-6-8-29(31(40)19-24)37(49)41-12-11-38/h2-10,13,18-19,21,23H,11-12,14-17,20,22H2,1H3,(H,41,49)(H,43,48). The predicted octanol–water partition coefficient (Wildman–Crippen LogP) is 5.09. The molecule has 2 aromatic heterocycles. The van der Waals surface area contributed by atoms with Crippen molar-refractivity contribution in [2.45, 2.75) is 13.0 Å². The number of rotatable bonds is 11. The zero-order chi connectivity index (χ0) is 34.5. The minimum atomic E-state index is -0.763. The van der Waals surface area contributed by atoms with Crippen LogP contribution in [0.3, 0.4) is 0 Å². The Balaban J connectivity index is 1.13. The summed E-state index contributed by atoms with van der Waals surface area (Å²) in [5.74, 6) is -2.87. The van der Waals surface area contributed by atoms with Crippen LogP contribution in [-0.2, 0) is 13.0 Å². The highest BCUT2D eigenvalue weighted by atomic mass is 19.1. The second-order valence-electron chi connectivity index (χ2n) is 11.9. The van der Waals surface area contributed by atoms with E-state index < -0.39 is 30.0 Å². The number of imidazole rings is 1. The molecule has 1 fully saturated rings. The molecule has 49 heavy (non-hydrogen) atoms. The van der Waals surface area contributed by atoms with Gasteiger partial charge < -0.3 is 20.4 Å².